The third-order valence-electron chi connectivity index (χ3n) is 3.44. The van der Waals surface area contributed by atoms with Gasteiger partial charge in [-0.15, -0.1) is 0 Å². The molecule has 3 nitrogen and oxygen atoms in total. The summed E-state index contributed by atoms with van der Waals surface area (Å²) in [7, 11) is 0. The van der Waals surface area contributed by atoms with Crippen molar-refractivity contribution in [2.24, 2.45) is 5.73 Å². The van der Waals surface area contributed by atoms with E-state index < -0.39 is 6.04 Å². The Labute approximate surface area is 127 Å². The average Bonchev–Trinajstić information content (AvgIpc) is 2.50. The lowest BCUT2D eigenvalue weighted by Crippen LogP contribution is -2.20. The predicted octanol–water partition coefficient (Wildman–Crippen LogP) is 3.49. The first-order valence-electron chi connectivity index (χ1n) is 6.73. The van der Waals surface area contributed by atoms with E-state index in [0.29, 0.717) is 41.7 Å². The summed E-state index contributed by atoms with van der Waals surface area (Å²) < 4.78 is 25.0. The van der Waals surface area contributed by atoms with E-state index in [4.69, 9.17) is 26.8 Å². The van der Waals surface area contributed by atoms with Crippen LogP contribution in [0.2, 0.25) is 5.02 Å². The van der Waals surface area contributed by atoms with E-state index in [1.54, 1.807) is 6.07 Å². The van der Waals surface area contributed by atoms with Gasteiger partial charge >= 0.3 is 0 Å². The molecule has 3 rings (SSSR count). The Bertz CT molecular complexity index is 663. The minimum absolute atomic E-state index is 0.309. The molecule has 2 aromatic carbocycles. The van der Waals surface area contributed by atoms with Gasteiger partial charge in [0.1, 0.15) is 19.0 Å². The van der Waals surface area contributed by atoms with Crippen LogP contribution in [0.15, 0.2) is 36.4 Å². The molecule has 0 bridgehead atoms. The van der Waals surface area contributed by atoms with E-state index in [9.17, 15) is 4.39 Å². The summed E-state index contributed by atoms with van der Waals surface area (Å²) in [6.45, 7) is 1.01. The van der Waals surface area contributed by atoms with E-state index in [0.717, 1.165) is 5.56 Å². The molecule has 1 unspecified atom stereocenters. The summed E-state index contributed by atoms with van der Waals surface area (Å²) in [5.74, 6) is 1.02. The van der Waals surface area contributed by atoms with E-state index in [2.05, 4.69) is 0 Å². The number of hydrogen-bond donors (Lipinski definition) is 1. The molecule has 5 heteroatoms. The number of para-hydroxylation sites is 1. The summed E-state index contributed by atoms with van der Waals surface area (Å²) in [6, 6.07) is 9.65. The maximum Gasteiger partial charge on any atom is 0.166 e. The largest absolute Gasteiger partial charge is 0.486 e. The standard InChI is InChI=1S/C16H15ClFNO2/c17-11-4-5-13(18)10(8-11)9-14(19)12-2-1-3-15-16(12)21-7-6-20-15/h1-5,8,14H,6-7,9,19H2. The van der Waals surface area contributed by atoms with Crippen LogP contribution in [0.1, 0.15) is 17.2 Å². The van der Waals surface area contributed by atoms with Gasteiger partial charge < -0.3 is 15.2 Å². The number of ether oxygens (including phenoxy) is 2. The van der Waals surface area contributed by atoms with Crippen LogP contribution in [0, 0.1) is 5.82 Å². The highest BCUT2D eigenvalue weighted by molar-refractivity contribution is 6.30. The molecule has 1 heterocycles. The van der Waals surface area contributed by atoms with Crippen molar-refractivity contribution in [2.75, 3.05) is 13.2 Å². The first-order chi connectivity index (χ1) is 10.1. The Morgan fingerprint density at radius 3 is 2.86 bits per heavy atom. The lowest BCUT2D eigenvalue weighted by Gasteiger charge is -2.23. The maximum atomic E-state index is 13.8. The molecule has 2 aromatic rings. The zero-order valence-electron chi connectivity index (χ0n) is 11.3. The van der Waals surface area contributed by atoms with Crippen molar-refractivity contribution in [3.05, 3.63) is 58.4 Å². The van der Waals surface area contributed by atoms with Gasteiger partial charge in [-0.25, -0.2) is 4.39 Å². The monoisotopic (exact) mass is 307 g/mol. The van der Waals surface area contributed by atoms with Gasteiger partial charge in [-0.2, -0.15) is 0 Å². The summed E-state index contributed by atoms with van der Waals surface area (Å²) in [4.78, 5) is 0. The molecule has 0 fully saturated rings. The van der Waals surface area contributed by atoms with E-state index in [1.807, 2.05) is 18.2 Å². The Morgan fingerprint density at radius 2 is 2.00 bits per heavy atom. The van der Waals surface area contributed by atoms with Crippen LogP contribution in [0.3, 0.4) is 0 Å². The average molecular weight is 308 g/mol. The second-order valence-electron chi connectivity index (χ2n) is 4.92. The van der Waals surface area contributed by atoms with Crippen LogP contribution in [-0.4, -0.2) is 13.2 Å². The fourth-order valence-electron chi connectivity index (χ4n) is 2.43. The van der Waals surface area contributed by atoms with Gasteiger partial charge in [0.2, 0.25) is 0 Å². The predicted molar refractivity (Wildman–Crippen MR) is 79.5 cm³/mol. The topological polar surface area (TPSA) is 44.5 Å². The number of nitrogens with two attached hydrogens (primary N) is 1. The molecule has 1 aliphatic rings. The summed E-state index contributed by atoms with van der Waals surface area (Å²) in [5, 5.41) is 0.494. The maximum absolute atomic E-state index is 13.8. The lowest BCUT2D eigenvalue weighted by molar-refractivity contribution is 0.169. The zero-order chi connectivity index (χ0) is 14.8. The lowest BCUT2D eigenvalue weighted by atomic mass is 9.98. The Kier molecular flexibility index (Phi) is 3.99. The van der Waals surface area contributed by atoms with Crippen LogP contribution in [0.4, 0.5) is 4.39 Å². The minimum Gasteiger partial charge on any atom is -0.486 e. The fourth-order valence-corrected chi connectivity index (χ4v) is 2.63. The van der Waals surface area contributed by atoms with Crippen molar-refractivity contribution in [1.82, 2.24) is 0 Å². The summed E-state index contributed by atoms with van der Waals surface area (Å²) in [6.07, 6.45) is 0.339. The van der Waals surface area contributed by atoms with E-state index in [1.165, 1.54) is 12.1 Å². The second-order valence-corrected chi connectivity index (χ2v) is 5.35. The molecule has 21 heavy (non-hydrogen) atoms. The Hall–Kier alpha value is -1.78. The van der Waals surface area contributed by atoms with Crippen LogP contribution < -0.4 is 15.2 Å². The molecule has 0 aromatic heterocycles. The molecular formula is C16H15ClFNO2. The third-order valence-corrected chi connectivity index (χ3v) is 3.68. The highest BCUT2D eigenvalue weighted by Crippen LogP contribution is 2.37. The third kappa shape index (κ3) is 2.96. The van der Waals surface area contributed by atoms with Crippen molar-refractivity contribution in [2.45, 2.75) is 12.5 Å². The molecule has 0 spiro atoms. The van der Waals surface area contributed by atoms with Crippen molar-refractivity contribution < 1.29 is 13.9 Å². The van der Waals surface area contributed by atoms with Gasteiger partial charge in [0, 0.05) is 16.6 Å². The second kappa shape index (κ2) is 5.92. The first kappa shape index (κ1) is 14.2. The van der Waals surface area contributed by atoms with Crippen molar-refractivity contribution in [3.8, 4) is 11.5 Å². The highest BCUT2D eigenvalue weighted by atomic mass is 35.5. The van der Waals surface area contributed by atoms with Gasteiger partial charge in [-0.05, 0) is 36.2 Å². The Balaban J connectivity index is 1.89. The van der Waals surface area contributed by atoms with Crippen molar-refractivity contribution in [3.63, 3.8) is 0 Å². The number of benzene rings is 2. The SMILES string of the molecule is NC(Cc1cc(Cl)ccc1F)c1cccc2c1OCCO2. The Morgan fingerprint density at radius 1 is 1.19 bits per heavy atom. The molecule has 1 atom stereocenters. The molecule has 1 aliphatic heterocycles. The minimum atomic E-state index is -0.394. The van der Waals surface area contributed by atoms with Crippen LogP contribution in [0.5, 0.6) is 11.5 Å². The van der Waals surface area contributed by atoms with Crippen molar-refractivity contribution >= 4 is 11.6 Å². The fraction of sp³-hybridized carbons (Fsp3) is 0.250. The molecular weight excluding hydrogens is 293 g/mol. The van der Waals surface area contributed by atoms with Gasteiger partial charge in [-0.3, -0.25) is 0 Å². The van der Waals surface area contributed by atoms with Crippen LogP contribution >= 0.6 is 11.6 Å². The zero-order valence-corrected chi connectivity index (χ0v) is 12.1. The molecule has 0 saturated heterocycles. The summed E-state index contributed by atoms with van der Waals surface area (Å²) in [5.41, 5.74) is 7.53. The van der Waals surface area contributed by atoms with Gasteiger partial charge in [-0.1, -0.05) is 23.7 Å². The number of fused-ring (bicyclic) bond motifs is 1. The van der Waals surface area contributed by atoms with Gasteiger partial charge in [0.05, 0.1) is 0 Å². The highest BCUT2D eigenvalue weighted by Gasteiger charge is 2.20. The normalized spacial score (nSPS) is 14.8. The number of hydrogen-bond acceptors (Lipinski definition) is 3. The van der Waals surface area contributed by atoms with Gasteiger partial charge in [0.25, 0.3) is 0 Å². The number of rotatable bonds is 3. The van der Waals surface area contributed by atoms with E-state index >= 15 is 0 Å². The molecule has 110 valence electrons. The molecule has 0 saturated carbocycles. The first-order valence-corrected chi connectivity index (χ1v) is 7.11. The number of halogens is 2. The molecule has 0 amide bonds. The molecule has 2 N–H and O–H groups in total. The molecule has 0 aliphatic carbocycles. The van der Waals surface area contributed by atoms with Crippen LogP contribution in [0.25, 0.3) is 0 Å². The van der Waals surface area contributed by atoms with Gasteiger partial charge in [0.15, 0.2) is 11.5 Å². The van der Waals surface area contributed by atoms with E-state index in [-0.39, 0.29) is 5.82 Å². The molecule has 0 radical (unpaired) electrons. The summed E-state index contributed by atoms with van der Waals surface area (Å²) >= 11 is 5.91. The smallest absolute Gasteiger partial charge is 0.166 e. The van der Waals surface area contributed by atoms with Crippen LogP contribution in [-0.2, 0) is 6.42 Å². The van der Waals surface area contributed by atoms with Crippen molar-refractivity contribution in [1.29, 1.82) is 0 Å². The quantitative estimate of drug-likeness (QED) is 0.944.